The van der Waals surface area contributed by atoms with E-state index in [0.717, 1.165) is 49.0 Å². The lowest BCUT2D eigenvalue weighted by Crippen LogP contribution is -2.43. The Hall–Kier alpha value is -1.77. The highest BCUT2D eigenvalue weighted by Crippen LogP contribution is 2.23. The van der Waals surface area contributed by atoms with Crippen LogP contribution in [0.25, 0.3) is 11.4 Å². The van der Waals surface area contributed by atoms with Crippen LogP contribution in [0.15, 0.2) is 33.3 Å². The molecule has 1 saturated heterocycles. The Bertz CT molecular complexity index is 853. The van der Waals surface area contributed by atoms with Gasteiger partial charge >= 0.3 is 0 Å². The number of likely N-dealkylation sites (tertiary alicyclic amines) is 1. The number of halogens is 1. The minimum absolute atomic E-state index is 0.0111. The zero-order chi connectivity index (χ0) is 21.5. The van der Waals surface area contributed by atoms with Crippen molar-refractivity contribution >= 4 is 21.8 Å². The third kappa shape index (κ3) is 6.60. The first-order chi connectivity index (χ1) is 15.2. The monoisotopic (exact) mass is 490 g/mol. The number of carbonyl (C=O) groups is 1. The van der Waals surface area contributed by atoms with Crippen LogP contribution >= 0.6 is 15.9 Å². The fourth-order valence-electron chi connectivity index (χ4n) is 4.40. The number of hydrogen-bond donors (Lipinski definition) is 1. The summed E-state index contributed by atoms with van der Waals surface area (Å²) in [5.74, 6) is 1.32. The van der Waals surface area contributed by atoms with Crippen LogP contribution in [0.4, 0.5) is 0 Å². The van der Waals surface area contributed by atoms with E-state index in [1.807, 2.05) is 24.3 Å². The zero-order valence-corrected chi connectivity index (χ0v) is 19.5. The second-order valence-electron chi connectivity index (χ2n) is 8.52. The Kier molecular flexibility index (Phi) is 8.10. The third-order valence-corrected chi connectivity index (χ3v) is 6.56. The maximum atomic E-state index is 12.6. The van der Waals surface area contributed by atoms with Gasteiger partial charge in [-0.3, -0.25) is 9.69 Å². The second-order valence-corrected chi connectivity index (χ2v) is 9.43. The zero-order valence-electron chi connectivity index (χ0n) is 17.9. The van der Waals surface area contributed by atoms with E-state index >= 15 is 0 Å². The Balaban J connectivity index is 1.20. The molecule has 0 spiro atoms. The fourth-order valence-corrected chi connectivity index (χ4v) is 4.80. The molecule has 1 aromatic carbocycles. The number of benzene rings is 1. The van der Waals surface area contributed by atoms with Gasteiger partial charge in [-0.1, -0.05) is 46.1 Å². The average molecular weight is 491 g/mol. The van der Waals surface area contributed by atoms with Gasteiger partial charge in [0.2, 0.25) is 17.6 Å². The molecule has 4 rings (SSSR count). The van der Waals surface area contributed by atoms with Gasteiger partial charge in [0.15, 0.2) is 0 Å². The van der Waals surface area contributed by atoms with Crippen LogP contribution < -0.4 is 5.32 Å². The minimum atomic E-state index is 0.0111. The van der Waals surface area contributed by atoms with Crippen LogP contribution in [0, 0.1) is 5.92 Å². The first kappa shape index (κ1) is 22.4. The van der Waals surface area contributed by atoms with E-state index in [0.29, 0.717) is 30.9 Å². The smallest absolute Gasteiger partial charge is 0.241 e. The number of amides is 1. The minimum Gasteiger partial charge on any atom is -0.378 e. The van der Waals surface area contributed by atoms with Crippen LogP contribution in [0.2, 0.25) is 0 Å². The molecule has 31 heavy (non-hydrogen) atoms. The summed E-state index contributed by atoms with van der Waals surface area (Å²) in [5.41, 5.74) is 0.914. The van der Waals surface area contributed by atoms with Crippen molar-refractivity contribution in [2.45, 2.75) is 57.6 Å². The van der Waals surface area contributed by atoms with Gasteiger partial charge in [-0.25, -0.2) is 0 Å². The molecule has 2 aromatic rings. The van der Waals surface area contributed by atoms with Gasteiger partial charge in [0, 0.05) is 29.7 Å². The highest BCUT2D eigenvalue weighted by atomic mass is 79.9. The van der Waals surface area contributed by atoms with Crippen molar-refractivity contribution in [3.63, 3.8) is 0 Å². The van der Waals surface area contributed by atoms with Crippen LogP contribution in [0.3, 0.4) is 0 Å². The number of carbonyl (C=O) groups excluding carboxylic acids is 1. The lowest BCUT2D eigenvalue weighted by Gasteiger charge is -2.30. The lowest BCUT2D eigenvalue weighted by atomic mass is 9.97. The molecule has 168 valence electrons. The molecule has 0 bridgehead atoms. The maximum Gasteiger partial charge on any atom is 0.241 e. The van der Waals surface area contributed by atoms with Crippen molar-refractivity contribution in [1.29, 1.82) is 0 Å². The van der Waals surface area contributed by atoms with Gasteiger partial charge in [0.05, 0.1) is 18.6 Å². The summed E-state index contributed by atoms with van der Waals surface area (Å²) in [6, 6.07) is 7.84. The molecule has 0 radical (unpaired) electrons. The first-order valence-corrected chi connectivity index (χ1v) is 12.2. The molecule has 7 nitrogen and oxygen atoms in total. The molecule has 1 aliphatic carbocycles. The van der Waals surface area contributed by atoms with E-state index in [1.54, 1.807) is 0 Å². The lowest BCUT2D eigenvalue weighted by molar-refractivity contribution is -0.126. The van der Waals surface area contributed by atoms with E-state index in [4.69, 9.17) is 9.26 Å². The van der Waals surface area contributed by atoms with Gasteiger partial charge in [-0.05, 0) is 50.8 Å². The molecular formula is C23H31BrN4O3. The number of ether oxygens (including phenoxy) is 1. The molecule has 2 aliphatic rings. The number of aromatic nitrogens is 2. The molecular weight excluding hydrogens is 460 g/mol. The predicted octanol–water partition coefficient (Wildman–Crippen LogP) is 4.18. The largest absolute Gasteiger partial charge is 0.378 e. The van der Waals surface area contributed by atoms with Crippen LogP contribution in [-0.2, 0) is 16.1 Å². The molecule has 1 aromatic heterocycles. The van der Waals surface area contributed by atoms with E-state index in [9.17, 15) is 4.79 Å². The van der Waals surface area contributed by atoms with Gasteiger partial charge in [-0.15, -0.1) is 0 Å². The molecule has 1 unspecified atom stereocenters. The van der Waals surface area contributed by atoms with Gasteiger partial charge in [-0.2, -0.15) is 4.98 Å². The first-order valence-electron chi connectivity index (χ1n) is 11.4. The second kappa shape index (κ2) is 11.2. The number of piperidine rings is 1. The summed E-state index contributed by atoms with van der Waals surface area (Å²) < 4.78 is 12.3. The SMILES string of the molecule is O=C(NCCCOC1CCCC1)C1CCCN(Cc2nc(-c3cccc(Br)c3)no2)C1. The summed E-state index contributed by atoms with van der Waals surface area (Å²) in [7, 11) is 0. The Morgan fingerprint density at radius 2 is 2.13 bits per heavy atom. The van der Waals surface area contributed by atoms with Crippen molar-refractivity contribution in [2.24, 2.45) is 5.92 Å². The maximum absolute atomic E-state index is 12.6. The third-order valence-electron chi connectivity index (χ3n) is 6.06. The van der Waals surface area contributed by atoms with Crippen LogP contribution in [0.1, 0.15) is 50.8 Å². The summed E-state index contributed by atoms with van der Waals surface area (Å²) >= 11 is 3.47. The Morgan fingerprint density at radius 1 is 1.26 bits per heavy atom. The highest BCUT2D eigenvalue weighted by molar-refractivity contribution is 9.10. The Labute approximate surface area is 192 Å². The van der Waals surface area contributed by atoms with Crippen molar-refractivity contribution in [1.82, 2.24) is 20.4 Å². The summed E-state index contributed by atoms with van der Waals surface area (Å²) in [4.78, 5) is 19.4. The molecule has 1 aliphatic heterocycles. The standard InChI is InChI=1S/C23H31BrN4O3/c24-19-8-3-6-17(14-19)22-26-21(31-27-22)16-28-12-4-7-18(15-28)23(29)25-11-5-13-30-20-9-1-2-10-20/h3,6,8,14,18,20H,1-2,4-5,7,9-13,15-16H2,(H,25,29). The number of nitrogens with zero attached hydrogens (tertiary/aromatic N) is 3. The molecule has 2 fully saturated rings. The molecule has 8 heteroatoms. The molecule has 1 saturated carbocycles. The summed E-state index contributed by atoms with van der Waals surface area (Å²) in [5, 5.41) is 7.20. The van der Waals surface area contributed by atoms with Crippen LogP contribution in [-0.4, -0.2) is 53.3 Å². The highest BCUT2D eigenvalue weighted by Gasteiger charge is 2.26. The number of hydrogen-bond acceptors (Lipinski definition) is 6. The molecule has 1 amide bonds. The van der Waals surface area contributed by atoms with E-state index < -0.39 is 0 Å². The van der Waals surface area contributed by atoms with Gasteiger partial charge in [0.1, 0.15) is 0 Å². The average Bonchev–Trinajstić information content (AvgIpc) is 3.46. The normalized spacial score (nSPS) is 20.2. The van der Waals surface area contributed by atoms with Gasteiger partial charge < -0.3 is 14.6 Å². The van der Waals surface area contributed by atoms with Crippen molar-refractivity contribution < 1.29 is 14.1 Å². The quantitative estimate of drug-likeness (QED) is 0.531. The van der Waals surface area contributed by atoms with Crippen molar-refractivity contribution in [3.8, 4) is 11.4 Å². The fraction of sp³-hybridized carbons (Fsp3) is 0.609. The topological polar surface area (TPSA) is 80.5 Å². The summed E-state index contributed by atoms with van der Waals surface area (Å²) in [6.07, 6.45) is 8.19. The van der Waals surface area contributed by atoms with E-state index in [-0.39, 0.29) is 11.8 Å². The molecule has 2 heterocycles. The molecule has 1 atom stereocenters. The van der Waals surface area contributed by atoms with Crippen molar-refractivity contribution in [3.05, 3.63) is 34.6 Å². The van der Waals surface area contributed by atoms with Crippen molar-refractivity contribution in [2.75, 3.05) is 26.2 Å². The molecule has 1 N–H and O–H groups in total. The van der Waals surface area contributed by atoms with E-state index in [2.05, 4.69) is 36.3 Å². The number of nitrogens with one attached hydrogen (secondary N) is 1. The van der Waals surface area contributed by atoms with Crippen LogP contribution in [0.5, 0.6) is 0 Å². The van der Waals surface area contributed by atoms with E-state index in [1.165, 1.54) is 25.7 Å². The number of rotatable bonds is 9. The van der Waals surface area contributed by atoms with Gasteiger partial charge in [0.25, 0.3) is 0 Å². The summed E-state index contributed by atoms with van der Waals surface area (Å²) in [6.45, 7) is 3.65. The Morgan fingerprint density at radius 3 is 2.97 bits per heavy atom. The predicted molar refractivity (Wildman–Crippen MR) is 121 cm³/mol.